The molecule has 3 aromatic heterocycles. The quantitative estimate of drug-likeness (QED) is 0.422. The summed E-state index contributed by atoms with van der Waals surface area (Å²) in [4.78, 5) is 15.2. The third-order valence-electron chi connectivity index (χ3n) is 4.82. The molecule has 0 aliphatic rings. The maximum Gasteiger partial charge on any atom is 0.471 e. The van der Waals surface area contributed by atoms with E-state index in [1.54, 1.807) is 30.6 Å². The first-order valence-electron chi connectivity index (χ1n) is 10.2. The van der Waals surface area contributed by atoms with E-state index in [-0.39, 0.29) is 37.5 Å². The third kappa shape index (κ3) is 5.88. The van der Waals surface area contributed by atoms with Gasteiger partial charge in [-0.1, -0.05) is 0 Å². The van der Waals surface area contributed by atoms with Gasteiger partial charge in [0.05, 0.1) is 24.6 Å². The van der Waals surface area contributed by atoms with E-state index in [1.807, 2.05) is 6.07 Å². The lowest BCUT2D eigenvalue weighted by molar-refractivity contribution is -0.167. The molecule has 0 radical (unpaired) electrons. The average Bonchev–Trinajstić information content (AvgIpc) is 3.41. The van der Waals surface area contributed by atoms with E-state index >= 15 is 0 Å². The van der Waals surface area contributed by atoms with E-state index in [1.165, 1.54) is 25.9 Å². The summed E-state index contributed by atoms with van der Waals surface area (Å²) >= 11 is 0. The number of pyridine rings is 1. The molecule has 0 aliphatic heterocycles. The van der Waals surface area contributed by atoms with Gasteiger partial charge in [-0.3, -0.25) is 14.8 Å². The zero-order valence-corrected chi connectivity index (χ0v) is 18.8. The van der Waals surface area contributed by atoms with E-state index in [0.717, 1.165) is 0 Å². The van der Waals surface area contributed by atoms with E-state index < -0.39 is 28.1 Å². The van der Waals surface area contributed by atoms with E-state index in [0.29, 0.717) is 17.5 Å². The van der Waals surface area contributed by atoms with Gasteiger partial charge in [-0.05, 0) is 25.5 Å². The van der Waals surface area contributed by atoms with Gasteiger partial charge in [0.15, 0.2) is 5.65 Å². The lowest BCUT2D eigenvalue weighted by Gasteiger charge is -2.20. The second kappa shape index (κ2) is 10.2. The van der Waals surface area contributed by atoms with Crippen LogP contribution in [0.1, 0.15) is 19.8 Å². The summed E-state index contributed by atoms with van der Waals surface area (Å²) in [5.41, 5.74) is 1.27. The number of anilines is 1. The Morgan fingerprint density at radius 2 is 2.09 bits per heavy atom. The Kier molecular flexibility index (Phi) is 7.52. The number of amides is 1. The summed E-state index contributed by atoms with van der Waals surface area (Å²) < 4.78 is 66.3. The fraction of sp³-hybridized carbons (Fsp3) is 0.421. The number of aromatic nitrogens is 5. The zero-order chi connectivity index (χ0) is 24.9. The first-order valence-corrected chi connectivity index (χ1v) is 11.8. The van der Waals surface area contributed by atoms with Crippen LogP contribution in [0.5, 0.6) is 0 Å². The van der Waals surface area contributed by atoms with E-state index in [2.05, 4.69) is 15.2 Å². The van der Waals surface area contributed by atoms with Crippen molar-refractivity contribution in [2.45, 2.75) is 32.5 Å². The minimum atomic E-state index is -5.07. The zero-order valence-electron chi connectivity index (χ0n) is 18.0. The third-order valence-corrected chi connectivity index (χ3v) is 6.70. The van der Waals surface area contributed by atoms with Crippen LogP contribution in [0.15, 0.2) is 30.7 Å². The van der Waals surface area contributed by atoms with Gasteiger partial charge in [-0.2, -0.15) is 28.5 Å². The molecule has 3 rings (SSSR count). The van der Waals surface area contributed by atoms with Gasteiger partial charge in [-0.15, -0.1) is 5.10 Å². The Bertz CT molecular complexity index is 1310. The van der Waals surface area contributed by atoms with Crippen molar-refractivity contribution in [2.75, 3.05) is 24.2 Å². The number of carbonyl (C=O) groups is 1. The topological polar surface area (TPSA) is 138 Å². The molecular weight excluding hydrogens is 477 g/mol. The first-order chi connectivity index (χ1) is 16.0. The molecule has 0 spiro atoms. The van der Waals surface area contributed by atoms with Crippen molar-refractivity contribution in [2.24, 2.45) is 0 Å². The maximum atomic E-state index is 12.5. The van der Waals surface area contributed by atoms with Crippen molar-refractivity contribution in [3.8, 4) is 17.2 Å². The molecule has 34 heavy (non-hydrogen) atoms. The number of nitrogens with zero attached hydrogens (tertiary/aromatic N) is 7. The molecule has 15 heteroatoms. The van der Waals surface area contributed by atoms with Crippen molar-refractivity contribution in [1.29, 1.82) is 5.26 Å². The molecule has 1 amide bonds. The predicted octanol–water partition coefficient (Wildman–Crippen LogP) is 2.05. The molecule has 0 aromatic carbocycles. The van der Waals surface area contributed by atoms with Gasteiger partial charge in [0.1, 0.15) is 0 Å². The number of carbonyl (C=O) groups excluding carboxylic acids is 1. The summed E-state index contributed by atoms with van der Waals surface area (Å²) in [6, 6.07) is 5.26. The summed E-state index contributed by atoms with van der Waals surface area (Å²) in [5, 5.41) is 18.4. The Morgan fingerprint density at radius 1 is 1.32 bits per heavy atom. The molecule has 3 aromatic rings. The molecule has 0 saturated carbocycles. The smallest absolute Gasteiger partial charge is 0.285 e. The maximum absolute atomic E-state index is 12.5. The molecule has 3 heterocycles. The number of hydrogen-bond acceptors (Lipinski definition) is 7. The second-order valence-corrected chi connectivity index (χ2v) is 9.39. The lowest BCUT2D eigenvalue weighted by Crippen LogP contribution is -2.36. The average molecular weight is 498 g/mol. The molecule has 0 aliphatic carbocycles. The summed E-state index contributed by atoms with van der Waals surface area (Å²) in [6.45, 7) is 2.17. The molecule has 1 N–H and O–H groups in total. The lowest BCUT2D eigenvalue weighted by atomic mass is 10.1. The molecule has 0 saturated heterocycles. The number of halogens is 3. The highest BCUT2D eigenvalue weighted by atomic mass is 32.2. The number of nitrogens with one attached hydrogen (secondary N) is 1. The Labute approximate surface area is 192 Å². The van der Waals surface area contributed by atoms with Crippen LogP contribution in [0.4, 0.5) is 19.1 Å². The fourth-order valence-corrected chi connectivity index (χ4v) is 4.24. The van der Waals surface area contributed by atoms with Gasteiger partial charge >= 0.3 is 12.1 Å². The highest BCUT2D eigenvalue weighted by molar-refractivity contribution is 7.89. The summed E-state index contributed by atoms with van der Waals surface area (Å²) in [5.74, 6) is -2.74. The van der Waals surface area contributed by atoms with Crippen LogP contribution < -0.4 is 5.32 Å². The largest absolute Gasteiger partial charge is 0.471 e. The summed E-state index contributed by atoms with van der Waals surface area (Å²) in [7, 11) is -3.46. The van der Waals surface area contributed by atoms with E-state index in [9.17, 15) is 26.4 Å². The van der Waals surface area contributed by atoms with Crippen LogP contribution in [-0.2, 0) is 21.4 Å². The number of hydrogen-bond donors (Lipinski definition) is 1. The van der Waals surface area contributed by atoms with Crippen molar-refractivity contribution >= 4 is 27.5 Å². The van der Waals surface area contributed by atoms with Gasteiger partial charge in [-0.25, -0.2) is 17.2 Å². The normalized spacial score (nSPS) is 12.2. The van der Waals surface area contributed by atoms with Crippen LogP contribution >= 0.6 is 0 Å². The van der Waals surface area contributed by atoms with Crippen molar-refractivity contribution in [1.82, 2.24) is 28.7 Å². The van der Waals surface area contributed by atoms with E-state index in [4.69, 9.17) is 5.26 Å². The molecule has 11 nitrogen and oxygen atoms in total. The number of nitriles is 1. The molecule has 0 fully saturated rings. The van der Waals surface area contributed by atoms with Gasteiger partial charge < -0.3 is 0 Å². The molecule has 0 bridgehead atoms. The highest BCUT2D eigenvalue weighted by Crippen LogP contribution is 2.24. The number of rotatable bonds is 10. The predicted molar refractivity (Wildman–Crippen MR) is 115 cm³/mol. The van der Waals surface area contributed by atoms with Crippen LogP contribution in [0.2, 0.25) is 0 Å². The summed E-state index contributed by atoms with van der Waals surface area (Å²) in [6.07, 6.45) is 0.206. The number of alkyl halides is 3. The highest BCUT2D eigenvalue weighted by Gasteiger charge is 2.39. The van der Waals surface area contributed by atoms with Crippen molar-refractivity contribution < 1.29 is 26.4 Å². The van der Waals surface area contributed by atoms with Gasteiger partial charge in [0.2, 0.25) is 16.0 Å². The molecular formula is C19H21F3N8O3S. The Balaban J connectivity index is 1.78. The first kappa shape index (κ1) is 25.1. The second-order valence-electron chi connectivity index (χ2n) is 7.13. The fourth-order valence-electron chi connectivity index (χ4n) is 3.10. The van der Waals surface area contributed by atoms with Crippen LogP contribution in [-0.4, -0.2) is 68.0 Å². The van der Waals surface area contributed by atoms with Crippen molar-refractivity contribution in [3.05, 3.63) is 30.7 Å². The van der Waals surface area contributed by atoms with Crippen LogP contribution in [0, 0.1) is 11.3 Å². The minimum absolute atomic E-state index is 0.0635. The SMILES string of the molecule is CCS(=O)(=O)N(CCCC#N)CCn1cc(-c2cccn3nc(NC(=O)C(F)(F)F)nc23)cn1. The Hall–Kier alpha value is -3.51. The molecule has 182 valence electrons. The number of unbranched alkanes of at least 4 members (excludes halogenated alkanes) is 1. The number of fused-ring (bicyclic) bond motifs is 1. The Morgan fingerprint density at radius 3 is 2.76 bits per heavy atom. The van der Waals surface area contributed by atoms with Crippen LogP contribution in [0.3, 0.4) is 0 Å². The monoisotopic (exact) mass is 498 g/mol. The molecule has 0 unspecified atom stereocenters. The standard InChI is InChI=1S/C19H21F3N8O3S/c1-2-34(32,33)29(8-4-3-7-23)11-10-28-13-14(12-24-28)15-6-5-9-30-16(15)25-18(27-30)26-17(31)19(20,21)22/h5-6,9,12-13H,2-4,8,10-11H2,1H3,(H,26,27,31). The minimum Gasteiger partial charge on any atom is -0.285 e. The van der Waals surface area contributed by atoms with Gasteiger partial charge in [0, 0.05) is 43.0 Å². The van der Waals surface area contributed by atoms with Gasteiger partial charge in [0.25, 0.3) is 0 Å². The number of sulfonamides is 1. The van der Waals surface area contributed by atoms with Crippen LogP contribution in [0.25, 0.3) is 16.8 Å². The van der Waals surface area contributed by atoms with Crippen molar-refractivity contribution in [3.63, 3.8) is 0 Å². The molecule has 0 atom stereocenters.